The predicted octanol–water partition coefficient (Wildman–Crippen LogP) is 5.15. The van der Waals surface area contributed by atoms with Crippen molar-refractivity contribution in [3.05, 3.63) is 0 Å². The number of urea groups is 1. The first-order valence-corrected chi connectivity index (χ1v) is 15.8. The van der Waals surface area contributed by atoms with Crippen LogP contribution in [0.4, 0.5) is 4.79 Å². The van der Waals surface area contributed by atoms with E-state index < -0.39 is 34.1 Å². The standard InChI is InChI=1S/C32H44N2O5/c1-3-32(4-2)27(37)33(17-25(35)30-11-19-5-20(12-30)7-21(6-19)13-30)29(39)34(28(32)38)18-26(36)31-14-22-8-23(15-31)10-24(9-22)16-31/h19-24H,3-18H2,1-2H3. The number of hydrogen-bond acceptors (Lipinski definition) is 5. The molecule has 0 unspecified atom stereocenters. The van der Waals surface area contributed by atoms with E-state index >= 15 is 0 Å². The van der Waals surface area contributed by atoms with Gasteiger partial charge in [0, 0.05) is 10.8 Å². The molecule has 9 fully saturated rings. The number of rotatable bonds is 8. The largest absolute Gasteiger partial charge is 0.334 e. The van der Waals surface area contributed by atoms with Gasteiger partial charge >= 0.3 is 6.03 Å². The van der Waals surface area contributed by atoms with Crippen molar-refractivity contribution in [1.29, 1.82) is 0 Å². The monoisotopic (exact) mass is 536 g/mol. The molecule has 7 nitrogen and oxygen atoms in total. The minimum absolute atomic E-state index is 0.00823. The Morgan fingerprint density at radius 3 is 1.13 bits per heavy atom. The molecule has 9 rings (SSSR count). The second-order valence-electron chi connectivity index (χ2n) is 15.1. The van der Waals surface area contributed by atoms with E-state index in [-0.39, 0.29) is 37.5 Å². The second kappa shape index (κ2) is 8.72. The van der Waals surface area contributed by atoms with Crippen LogP contribution in [0.25, 0.3) is 0 Å². The molecule has 1 saturated heterocycles. The van der Waals surface area contributed by atoms with Crippen molar-refractivity contribution in [2.45, 2.75) is 104 Å². The highest BCUT2D eigenvalue weighted by atomic mass is 16.2. The number of Topliss-reactive ketones (excluding diaryl/α,β-unsaturated/α-hetero) is 2. The van der Waals surface area contributed by atoms with Gasteiger partial charge in [-0.1, -0.05) is 13.8 Å². The molecule has 9 aliphatic rings. The molecule has 39 heavy (non-hydrogen) atoms. The molecule has 0 atom stereocenters. The fraction of sp³-hybridized carbons (Fsp3) is 0.844. The fourth-order valence-electron chi connectivity index (χ4n) is 11.6. The fourth-order valence-corrected chi connectivity index (χ4v) is 11.6. The van der Waals surface area contributed by atoms with Crippen LogP contribution in [0.5, 0.6) is 0 Å². The van der Waals surface area contributed by atoms with Crippen LogP contribution in [0.2, 0.25) is 0 Å². The van der Waals surface area contributed by atoms with E-state index in [0.717, 1.165) is 48.3 Å². The van der Waals surface area contributed by atoms with E-state index in [4.69, 9.17) is 0 Å². The van der Waals surface area contributed by atoms with Crippen LogP contribution in [-0.4, -0.2) is 52.3 Å². The molecule has 8 saturated carbocycles. The molecule has 0 aromatic heterocycles. The molecule has 0 spiro atoms. The summed E-state index contributed by atoms with van der Waals surface area (Å²) in [6, 6.07) is -0.751. The van der Waals surface area contributed by atoms with E-state index in [1.54, 1.807) is 13.8 Å². The van der Waals surface area contributed by atoms with E-state index in [9.17, 15) is 24.0 Å². The Hall–Kier alpha value is -2.05. The van der Waals surface area contributed by atoms with Crippen LogP contribution in [0.1, 0.15) is 104 Å². The summed E-state index contributed by atoms with van der Waals surface area (Å²) < 4.78 is 0. The van der Waals surface area contributed by atoms with Crippen LogP contribution in [-0.2, 0) is 19.2 Å². The number of carbonyl (C=O) groups is 5. The molecule has 1 heterocycles. The van der Waals surface area contributed by atoms with Crippen molar-refractivity contribution in [3.8, 4) is 0 Å². The lowest BCUT2D eigenvalue weighted by atomic mass is 9.48. The number of hydrogen-bond donors (Lipinski definition) is 0. The molecule has 8 bridgehead atoms. The Bertz CT molecular complexity index is 983. The van der Waals surface area contributed by atoms with Crippen LogP contribution in [0, 0.1) is 51.8 Å². The normalized spacial score (nSPS) is 43.5. The molecular formula is C32H44N2O5. The summed E-state index contributed by atoms with van der Waals surface area (Å²) in [5.41, 5.74) is -2.26. The molecule has 4 amide bonds. The smallest absolute Gasteiger partial charge is 0.297 e. The van der Waals surface area contributed by atoms with Crippen LogP contribution < -0.4 is 0 Å². The first-order valence-electron chi connectivity index (χ1n) is 15.8. The lowest BCUT2D eigenvalue weighted by molar-refractivity contribution is -0.165. The third-order valence-corrected chi connectivity index (χ3v) is 12.8. The van der Waals surface area contributed by atoms with Crippen LogP contribution >= 0.6 is 0 Å². The van der Waals surface area contributed by atoms with Gasteiger partial charge in [0.1, 0.15) is 5.41 Å². The average Bonchev–Trinajstić information content (AvgIpc) is 2.88. The zero-order valence-electron chi connectivity index (χ0n) is 23.7. The second-order valence-corrected chi connectivity index (χ2v) is 15.1. The van der Waals surface area contributed by atoms with Crippen molar-refractivity contribution < 1.29 is 24.0 Å². The van der Waals surface area contributed by atoms with Gasteiger partial charge in [-0.25, -0.2) is 4.79 Å². The van der Waals surface area contributed by atoms with Crippen molar-refractivity contribution in [3.63, 3.8) is 0 Å². The van der Waals surface area contributed by atoms with Crippen LogP contribution in [0.15, 0.2) is 0 Å². The molecule has 0 radical (unpaired) electrons. The number of ketones is 2. The Morgan fingerprint density at radius 2 is 0.872 bits per heavy atom. The van der Waals surface area contributed by atoms with Crippen LogP contribution in [0.3, 0.4) is 0 Å². The van der Waals surface area contributed by atoms with Crippen molar-refractivity contribution in [1.82, 2.24) is 9.80 Å². The lowest BCUT2D eigenvalue weighted by Crippen LogP contribution is -2.67. The zero-order valence-corrected chi connectivity index (χ0v) is 23.7. The minimum atomic E-state index is -1.39. The molecular weight excluding hydrogens is 492 g/mol. The van der Waals surface area contributed by atoms with Gasteiger partial charge in [0.15, 0.2) is 11.6 Å². The van der Waals surface area contributed by atoms with Crippen molar-refractivity contribution >= 4 is 29.4 Å². The Kier molecular flexibility index (Phi) is 5.79. The van der Waals surface area contributed by atoms with Crippen molar-refractivity contribution in [2.75, 3.05) is 13.1 Å². The zero-order chi connectivity index (χ0) is 27.3. The van der Waals surface area contributed by atoms with E-state index in [1.165, 1.54) is 38.5 Å². The molecule has 0 aromatic rings. The van der Waals surface area contributed by atoms with Gasteiger partial charge < -0.3 is 0 Å². The SMILES string of the molecule is CCC1(CC)C(=O)N(CC(=O)C23CC4CC(CC(C4)C2)C3)C(=O)N(CC(=O)C23CC4CC(CC(C4)C2)C3)C1=O. The summed E-state index contributed by atoms with van der Waals surface area (Å²) in [6.07, 6.45) is 12.9. The number of imide groups is 2. The van der Waals surface area contributed by atoms with Gasteiger partial charge in [0.25, 0.3) is 0 Å². The molecule has 0 aromatic carbocycles. The first-order chi connectivity index (χ1) is 18.6. The maximum Gasteiger partial charge on any atom is 0.334 e. The molecule has 8 aliphatic carbocycles. The number of amides is 4. The highest BCUT2D eigenvalue weighted by molar-refractivity contribution is 6.21. The van der Waals surface area contributed by atoms with Gasteiger partial charge in [-0.2, -0.15) is 0 Å². The van der Waals surface area contributed by atoms with Gasteiger partial charge in [-0.05, 0) is 125 Å². The third kappa shape index (κ3) is 3.69. The number of nitrogens with zero attached hydrogens (tertiary/aromatic N) is 2. The predicted molar refractivity (Wildman–Crippen MR) is 143 cm³/mol. The highest BCUT2D eigenvalue weighted by Crippen LogP contribution is 2.61. The quantitative estimate of drug-likeness (QED) is 0.400. The maximum absolute atomic E-state index is 14.0. The Labute approximate surface area is 231 Å². The maximum atomic E-state index is 14.0. The van der Waals surface area contributed by atoms with Gasteiger partial charge in [0.05, 0.1) is 13.1 Å². The number of carbonyl (C=O) groups excluding carboxylic acids is 5. The molecule has 1 aliphatic heterocycles. The van der Waals surface area contributed by atoms with Crippen molar-refractivity contribution in [2.24, 2.45) is 51.8 Å². The lowest BCUT2D eigenvalue weighted by Gasteiger charge is -2.56. The third-order valence-electron chi connectivity index (χ3n) is 12.8. The topological polar surface area (TPSA) is 91.8 Å². The summed E-state index contributed by atoms with van der Waals surface area (Å²) >= 11 is 0. The highest BCUT2D eigenvalue weighted by Gasteiger charge is 2.60. The average molecular weight is 537 g/mol. The number of barbiturate groups is 1. The molecule has 7 heteroatoms. The molecule has 212 valence electrons. The van der Waals surface area contributed by atoms with E-state index in [0.29, 0.717) is 35.5 Å². The summed E-state index contributed by atoms with van der Waals surface area (Å²) in [5.74, 6) is 2.37. The van der Waals surface area contributed by atoms with Gasteiger partial charge in [-0.3, -0.25) is 29.0 Å². The summed E-state index contributed by atoms with van der Waals surface area (Å²) in [5, 5.41) is 0. The Balaban J connectivity index is 1.15. The first kappa shape index (κ1) is 25.9. The summed E-state index contributed by atoms with van der Waals surface area (Å²) in [6.45, 7) is 3.07. The molecule has 0 N–H and O–H groups in total. The minimum Gasteiger partial charge on any atom is -0.297 e. The van der Waals surface area contributed by atoms with E-state index in [2.05, 4.69) is 0 Å². The summed E-state index contributed by atoms with van der Waals surface area (Å²) in [4.78, 5) is 71.7. The van der Waals surface area contributed by atoms with E-state index in [1.807, 2.05) is 0 Å². The Morgan fingerprint density at radius 1 is 0.590 bits per heavy atom. The van der Waals surface area contributed by atoms with Gasteiger partial charge in [0.2, 0.25) is 11.8 Å². The summed E-state index contributed by atoms with van der Waals surface area (Å²) in [7, 11) is 0. The van der Waals surface area contributed by atoms with Gasteiger partial charge in [-0.15, -0.1) is 0 Å².